The lowest BCUT2D eigenvalue weighted by Gasteiger charge is -2.29. The first-order chi connectivity index (χ1) is 11.6. The SMILES string of the molecule is CCOC(=O)C1CC[NH+](C[C@@H](O)COCc2ccc(Cl)cc2)CC1. The van der Waals surface area contributed by atoms with E-state index in [2.05, 4.69) is 0 Å². The van der Waals surface area contributed by atoms with Crippen LogP contribution in [0, 0.1) is 5.92 Å². The van der Waals surface area contributed by atoms with Gasteiger partial charge < -0.3 is 19.5 Å². The van der Waals surface area contributed by atoms with Crippen LogP contribution in [0.5, 0.6) is 0 Å². The molecule has 1 saturated heterocycles. The summed E-state index contributed by atoms with van der Waals surface area (Å²) >= 11 is 5.84. The molecule has 0 unspecified atom stereocenters. The second-order valence-electron chi connectivity index (χ2n) is 6.28. The average Bonchev–Trinajstić information content (AvgIpc) is 2.57. The van der Waals surface area contributed by atoms with Gasteiger partial charge >= 0.3 is 5.97 Å². The van der Waals surface area contributed by atoms with Crippen molar-refractivity contribution < 1.29 is 24.3 Å². The van der Waals surface area contributed by atoms with Crippen LogP contribution < -0.4 is 4.90 Å². The number of aliphatic hydroxyl groups excluding tert-OH is 1. The number of quaternary nitrogens is 1. The molecule has 134 valence electrons. The number of esters is 1. The molecule has 5 nitrogen and oxygen atoms in total. The lowest BCUT2D eigenvalue weighted by atomic mass is 9.97. The number of piperidine rings is 1. The summed E-state index contributed by atoms with van der Waals surface area (Å²) in [6.07, 6.45) is 1.16. The van der Waals surface area contributed by atoms with Crippen LogP contribution in [0.4, 0.5) is 0 Å². The highest BCUT2D eigenvalue weighted by atomic mass is 35.5. The Morgan fingerprint density at radius 3 is 2.62 bits per heavy atom. The first kappa shape index (κ1) is 19.2. The molecule has 1 aromatic carbocycles. The zero-order valence-electron chi connectivity index (χ0n) is 14.2. The first-order valence-corrected chi connectivity index (χ1v) is 8.96. The van der Waals surface area contributed by atoms with Crippen LogP contribution in [0.15, 0.2) is 24.3 Å². The summed E-state index contributed by atoms with van der Waals surface area (Å²) in [4.78, 5) is 13.0. The molecule has 24 heavy (non-hydrogen) atoms. The quantitative estimate of drug-likeness (QED) is 0.684. The molecule has 0 aliphatic carbocycles. The Balaban J connectivity index is 1.62. The number of aliphatic hydroxyl groups is 1. The van der Waals surface area contributed by atoms with E-state index in [-0.39, 0.29) is 11.9 Å². The molecular weight excluding hydrogens is 330 g/mol. The summed E-state index contributed by atoms with van der Waals surface area (Å²) in [5.74, 6) is -0.0598. The van der Waals surface area contributed by atoms with Crippen molar-refractivity contribution in [2.24, 2.45) is 5.92 Å². The molecule has 1 aliphatic heterocycles. The first-order valence-electron chi connectivity index (χ1n) is 8.59. The molecule has 1 aromatic rings. The number of rotatable bonds is 8. The molecule has 2 rings (SSSR count). The van der Waals surface area contributed by atoms with E-state index >= 15 is 0 Å². The molecule has 0 aromatic heterocycles. The standard InChI is InChI=1S/C18H26ClNO4/c1-2-24-18(22)15-7-9-20(10-8-15)11-17(21)13-23-12-14-3-5-16(19)6-4-14/h3-6,15,17,21H,2,7-13H2,1H3/p+1/t17-/m1/s1. The highest BCUT2D eigenvalue weighted by molar-refractivity contribution is 6.30. The van der Waals surface area contributed by atoms with Crippen molar-refractivity contribution in [2.45, 2.75) is 32.5 Å². The van der Waals surface area contributed by atoms with Gasteiger partial charge in [-0.1, -0.05) is 23.7 Å². The van der Waals surface area contributed by atoms with Crippen molar-refractivity contribution in [3.05, 3.63) is 34.9 Å². The van der Waals surface area contributed by atoms with Gasteiger partial charge in [-0.15, -0.1) is 0 Å². The minimum absolute atomic E-state index is 0.0204. The molecule has 1 heterocycles. The minimum Gasteiger partial charge on any atom is -0.466 e. The van der Waals surface area contributed by atoms with Crippen LogP contribution in [0.25, 0.3) is 0 Å². The van der Waals surface area contributed by atoms with Gasteiger partial charge in [-0.25, -0.2) is 0 Å². The zero-order chi connectivity index (χ0) is 17.4. The molecule has 1 atom stereocenters. The molecule has 0 saturated carbocycles. The lowest BCUT2D eigenvalue weighted by Crippen LogP contribution is -3.14. The Kier molecular flexibility index (Phi) is 7.99. The topological polar surface area (TPSA) is 60.2 Å². The molecule has 1 aliphatic rings. The monoisotopic (exact) mass is 356 g/mol. The summed E-state index contributed by atoms with van der Waals surface area (Å²) in [5, 5.41) is 10.8. The largest absolute Gasteiger partial charge is 0.466 e. The molecule has 0 amide bonds. The molecule has 2 N–H and O–H groups in total. The number of halogens is 1. The number of carbonyl (C=O) groups is 1. The van der Waals surface area contributed by atoms with Crippen LogP contribution in [-0.4, -0.2) is 50.0 Å². The molecular formula is C18H27ClNO4+. The zero-order valence-corrected chi connectivity index (χ0v) is 14.9. The summed E-state index contributed by atoms with van der Waals surface area (Å²) in [6, 6.07) is 7.49. The Labute approximate surface area is 148 Å². The molecule has 0 radical (unpaired) electrons. The van der Waals surface area contributed by atoms with Crippen LogP contribution in [-0.2, 0) is 20.9 Å². The predicted molar refractivity (Wildman–Crippen MR) is 92.0 cm³/mol. The second kappa shape index (κ2) is 9.99. The fourth-order valence-corrected chi connectivity index (χ4v) is 3.14. The van der Waals surface area contributed by atoms with E-state index in [1.165, 1.54) is 4.90 Å². The van der Waals surface area contributed by atoms with Crippen LogP contribution in [0.2, 0.25) is 5.02 Å². The van der Waals surface area contributed by atoms with E-state index in [1.807, 2.05) is 31.2 Å². The van der Waals surface area contributed by atoms with Gasteiger partial charge in [0.1, 0.15) is 12.6 Å². The number of hydrogen-bond donors (Lipinski definition) is 2. The number of likely N-dealkylation sites (tertiary alicyclic amines) is 1. The van der Waals surface area contributed by atoms with Gasteiger partial charge in [0.15, 0.2) is 0 Å². The van der Waals surface area contributed by atoms with Crippen molar-refractivity contribution in [1.82, 2.24) is 0 Å². The van der Waals surface area contributed by atoms with E-state index in [9.17, 15) is 9.90 Å². The van der Waals surface area contributed by atoms with Crippen molar-refractivity contribution in [3.8, 4) is 0 Å². The third-order valence-electron chi connectivity index (χ3n) is 4.33. The summed E-state index contributed by atoms with van der Waals surface area (Å²) in [6.45, 7) is 5.47. The smallest absolute Gasteiger partial charge is 0.309 e. The molecule has 6 heteroatoms. The maximum Gasteiger partial charge on any atom is 0.309 e. The van der Waals surface area contributed by atoms with Gasteiger partial charge in [0.05, 0.1) is 38.8 Å². The van der Waals surface area contributed by atoms with Gasteiger partial charge in [-0.05, 0) is 24.6 Å². The number of benzene rings is 1. The van der Waals surface area contributed by atoms with Gasteiger partial charge in [0.25, 0.3) is 0 Å². The molecule has 0 spiro atoms. The summed E-state index contributed by atoms with van der Waals surface area (Å²) in [5.41, 5.74) is 1.04. The van der Waals surface area contributed by atoms with Gasteiger partial charge in [0.2, 0.25) is 0 Å². The highest BCUT2D eigenvalue weighted by Gasteiger charge is 2.29. The van der Waals surface area contributed by atoms with Crippen LogP contribution in [0.1, 0.15) is 25.3 Å². The number of ether oxygens (including phenoxy) is 2. The third kappa shape index (κ3) is 6.40. The predicted octanol–water partition coefficient (Wildman–Crippen LogP) is 1.08. The van der Waals surface area contributed by atoms with Gasteiger partial charge in [-0.2, -0.15) is 0 Å². The fourth-order valence-electron chi connectivity index (χ4n) is 3.01. The lowest BCUT2D eigenvalue weighted by molar-refractivity contribution is -0.908. The van der Waals surface area contributed by atoms with E-state index in [4.69, 9.17) is 21.1 Å². The average molecular weight is 357 g/mol. The molecule has 1 fully saturated rings. The number of hydrogen-bond acceptors (Lipinski definition) is 4. The number of carbonyl (C=O) groups excluding carboxylic acids is 1. The van der Waals surface area contributed by atoms with E-state index in [0.29, 0.717) is 31.4 Å². The van der Waals surface area contributed by atoms with Gasteiger partial charge in [-0.3, -0.25) is 4.79 Å². The second-order valence-corrected chi connectivity index (χ2v) is 6.71. The summed E-state index contributed by atoms with van der Waals surface area (Å²) in [7, 11) is 0. The maximum atomic E-state index is 11.7. The van der Waals surface area contributed by atoms with Crippen molar-refractivity contribution >= 4 is 17.6 Å². The third-order valence-corrected chi connectivity index (χ3v) is 4.58. The van der Waals surface area contributed by atoms with Crippen molar-refractivity contribution in [3.63, 3.8) is 0 Å². The molecule has 0 bridgehead atoms. The van der Waals surface area contributed by atoms with Crippen LogP contribution in [0.3, 0.4) is 0 Å². The highest BCUT2D eigenvalue weighted by Crippen LogP contribution is 2.12. The maximum absolute atomic E-state index is 11.7. The summed E-state index contributed by atoms with van der Waals surface area (Å²) < 4.78 is 10.6. The van der Waals surface area contributed by atoms with Crippen molar-refractivity contribution in [2.75, 3.05) is 32.8 Å². The Bertz CT molecular complexity index is 500. The minimum atomic E-state index is -0.494. The normalized spacial score (nSPS) is 22.1. The fraction of sp³-hybridized carbons (Fsp3) is 0.611. The van der Waals surface area contributed by atoms with E-state index < -0.39 is 6.10 Å². The van der Waals surface area contributed by atoms with Gasteiger partial charge in [0, 0.05) is 17.9 Å². The van der Waals surface area contributed by atoms with E-state index in [0.717, 1.165) is 31.5 Å². The van der Waals surface area contributed by atoms with Crippen LogP contribution >= 0.6 is 11.6 Å². The Morgan fingerprint density at radius 1 is 1.33 bits per heavy atom. The van der Waals surface area contributed by atoms with Crippen molar-refractivity contribution in [1.29, 1.82) is 0 Å². The Morgan fingerprint density at radius 2 is 2.00 bits per heavy atom. The van der Waals surface area contributed by atoms with E-state index in [1.54, 1.807) is 0 Å². The Hall–Kier alpha value is -1.14. The number of nitrogens with one attached hydrogen (secondary N) is 1.